The van der Waals surface area contributed by atoms with Gasteiger partial charge in [0.15, 0.2) is 0 Å². The van der Waals surface area contributed by atoms with Gasteiger partial charge in [-0.3, -0.25) is 14.5 Å². The van der Waals surface area contributed by atoms with Crippen LogP contribution in [0.5, 0.6) is 0 Å². The molecular formula is C26H24FN3O3. The molecule has 0 bridgehead atoms. The van der Waals surface area contributed by atoms with Crippen LogP contribution in [0.15, 0.2) is 72.8 Å². The van der Waals surface area contributed by atoms with Gasteiger partial charge in [0, 0.05) is 12.1 Å². The van der Waals surface area contributed by atoms with Crippen molar-refractivity contribution in [3.8, 4) is 0 Å². The summed E-state index contributed by atoms with van der Waals surface area (Å²) in [6.45, 7) is 2.46. The van der Waals surface area contributed by atoms with Crippen molar-refractivity contribution in [3.63, 3.8) is 0 Å². The minimum Gasteiger partial charge on any atom is -0.348 e. The van der Waals surface area contributed by atoms with E-state index in [0.29, 0.717) is 23.2 Å². The Morgan fingerprint density at radius 3 is 2.48 bits per heavy atom. The minimum atomic E-state index is -0.519. The number of carbonyl (C=O) groups is 3. The molecule has 1 atom stereocenters. The second kappa shape index (κ2) is 9.65. The Kier molecular flexibility index (Phi) is 6.49. The fourth-order valence-electron chi connectivity index (χ4n) is 3.83. The summed E-state index contributed by atoms with van der Waals surface area (Å²) in [5.41, 5.74) is 3.92. The first-order valence-corrected chi connectivity index (χ1v) is 10.7. The summed E-state index contributed by atoms with van der Waals surface area (Å²) in [5, 5.41) is 5.69. The number of amides is 4. The molecule has 0 spiro atoms. The molecule has 1 fully saturated rings. The van der Waals surface area contributed by atoms with Gasteiger partial charge in [-0.05, 0) is 47.9 Å². The minimum absolute atomic E-state index is 0.0554. The Hall–Kier alpha value is -4.00. The zero-order valence-electron chi connectivity index (χ0n) is 18.2. The highest BCUT2D eigenvalue weighted by Crippen LogP contribution is 2.24. The van der Waals surface area contributed by atoms with Crippen molar-refractivity contribution < 1.29 is 18.8 Å². The number of benzene rings is 3. The van der Waals surface area contributed by atoms with E-state index in [4.69, 9.17) is 0 Å². The van der Waals surface area contributed by atoms with Crippen LogP contribution >= 0.6 is 0 Å². The molecule has 1 heterocycles. The first-order chi connectivity index (χ1) is 15.9. The summed E-state index contributed by atoms with van der Waals surface area (Å²) in [5.74, 6) is -0.942. The van der Waals surface area contributed by atoms with Crippen molar-refractivity contribution in [2.75, 3.05) is 0 Å². The lowest BCUT2D eigenvalue weighted by molar-refractivity contribution is -0.130. The van der Waals surface area contributed by atoms with Gasteiger partial charge in [0.1, 0.15) is 5.82 Å². The van der Waals surface area contributed by atoms with E-state index >= 15 is 0 Å². The highest BCUT2D eigenvalue weighted by molar-refractivity contribution is 5.97. The number of rotatable bonds is 6. The SMILES string of the molecule is Cc1cccc(CNC(=O)c2cccc(CN3C(=O)CC(c4ccc(F)cc4)NC3=O)c2)c1. The van der Waals surface area contributed by atoms with Gasteiger partial charge in [-0.25, -0.2) is 9.18 Å². The van der Waals surface area contributed by atoms with Crippen LogP contribution < -0.4 is 10.6 Å². The van der Waals surface area contributed by atoms with Gasteiger partial charge in [0.05, 0.1) is 19.0 Å². The number of nitrogens with zero attached hydrogens (tertiary/aromatic N) is 1. The summed E-state index contributed by atoms with van der Waals surface area (Å²) in [7, 11) is 0. The lowest BCUT2D eigenvalue weighted by Crippen LogP contribution is -2.50. The molecule has 7 heteroatoms. The van der Waals surface area contributed by atoms with Gasteiger partial charge < -0.3 is 10.6 Å². The largest absolute Gasteiger partial charge is 0.348 e. The quantitative estimate of drug-likeness (QED) is 0.596. The van der Waals surface area contributed by atoms with Gasteiger partial charge >= 0.3 is 6.03 Å². The molecule has 0 saturated carbocycles. The molecule has 1 unspecified atom stereocenters. The molecule has 6 nitrogen and oxygen atoms in total. The van der Waals surface area contributed by atoms with E-state index in [2.05, 4.69) is 10.6 Å². The second-order valence-electron chi connectivity index (χ2n) is 8.11. The van der Waals surface area contributed by atoms with E-state index in [1.807, 2.05) is 31.2 Å². The van der Waals surface area contributed by atoms with Crippen molar-refractivity contribution in [3.05, 3.63) is 106 Å². The molecule has 33 heavy (non-hydrogen) atoms. The number of hydrogen-bond acceptors (Lipinski definition) is 3. The van der Waals surface area contributed by atoms with E-state index < -0.39 is 12.1 Å². The lowest BCUT2D eigenvalue weighted by Gasteiger charge is -2.31. The predicted molar refractivity (Wildman–Crippen MR) is 122 cm³/mol. The van der Waals surface area contributed by atoms with E-state index in [-0.39, 0.29) is 30.6 Å². The first-order valence-electron chi connectivity index (χ1n) is 10.7. The summed E-state index contributed by atoms with van der Waals surface area (Å²) in [6.07, 6.45) is 0.0774. The molecule has 1 saturated heterocycles. The zero-order chi connectivity index (χ0) is 23.4. The van der Waals surface area contributed by atoms with E-state index in [1.54, 1.807) is 36.4 Å². The van der Waals surface area contributed by atoms with Crippen molar-refractivity contribution in [2.24, 2.45) is 0 Å². The zero-order valence-corrected chi connectivity index (χ0v) is 18.2. The van der Waals surface area contributed by atoms with Crippen molar-refractivity contribution in [2.45, 2.75) is 32.5 Å². The summed E-state index contributed by atoms with van der Waals surface area (Å²) >= 11 is 0. The Morgan fingerprint density at radius 1 is 1.03 bits per heavy atom. The standard InChI is InChI=1S/C26H24FN3O3/c1-17-4-2-5-18(12-17)15-28-25(32)21-7-3-6-19(13-21)16-30-24(31)14-23(29-26(30)33)20-8-10-22(27)11-9-20/h2-13,23H,14-16H2,1H3,(H,28,32)(H,29,33). The second-order valence-corrected chi connectivity index (χ2v) is 8.11. The first kappa shape index (κ1) is 22.2. The van der Waals surface area contributed by atoms with Gasteiger partial charge in [-0.1, -0.05) is 54.1 Å². The number of halogens is 1. The van der Waals surface area contributed by atoms with Gasteiger partial charge in [0.25, 0.3) is 5.91 Å². The topological polar surface area (TPSA) is 78.5 Å². The monoisotopic (exact) mass is 445 g/mol. The lowest BCUT2D eigenvalue weighted by atomic mass is 10.0. The van der Waals surface area contributed by atoms with Crippen LogP contribution in [0.1, 0.15) is 45.1 Å². The Morgan fingerprint density at radius 2 is 1.76 bits per heavy atom. The average molecular weight is 445 g/mol. The Labute approximate surface area is 191 Å². The highest BCUT2D eigenvalue weighted by atomic mass is 19.1. The Balaban J connectivity index is 1.39. The molecule has 2 N–H and O–H groups in total. The number of nitrogens with one attached hydrogen (secondary N) is 2. The molecule has 1 aliphatic heterocycles. The number of urea groups is 1. The molecule has 4 amide bonds. The van der Waals surface area contributed by atoms with Gasteiger partial charge in [-0.2, -0.15) is 0 Å². The fraction of sp³-hybridized carbons (Fsp3) is 0.192. The molecule has 3 aromatic carbocycles. The molecule has 4 rings (SSSR count). The summed E-state index contributed by atoms with van der Waals surface area (Å²) < 4.78 is 13.2. The highest BCUT2D eigenvalue weighted by Gasteiger charge is 2.32. The number of aryl methyl sites for hydroxylation is 1. The maximum Gasteiger partial charge on any atom is 0.324 e. The number of imide groups is 1. The van der Waals surface area contributed by atoms with Crippen molar-refractivity contribution in [1.29, 1.82) is 0 Å². The third kappa shape index (κ3) is 5.44. The third-order valence-corrected chi connectivity index (χ3v) is 5.56. The fourth-order valence-corrected chi connectivity index (χ4v) is 3.83. The van der Waals surface area contributed by atoms with Crippen LogP contribution in [0.2, 0.25) is 0 Å². The molecule has 168 valence electrons. The number of carbonyl (C=O) groups excluding carboxylic acids is 3. The normalized spacial score (nSPS) is 15.8. The van der Waals surface area contributed by atoms with Gasteiger partial charge in [0.2, 0.25) is 5.91 Å². The third-order valence-electron chi connectivity index (χ3n) is 5.56. The smallest absolute Gasteiger partial charge is 0.324 e. The van der Waals surface area contributed by atoms with Crippen LogP contribution in [0, 0.1) is 12.7 Å². The molecule has 0 radical (unpaired) electrons. The molecule has 3 aromatic rings. The number of hydrogen-bond donors (Lipinski definition) is 2. The summed E-state index contributed by atoms with van der Waals surface area (Å²) in [4.78, 5) is 39.0. The molecule has 0 aromatic heterocycles. The van der Waals surface area contributed by atoms with E-state index in [0.717, 1.165) is 16.0 Å². The average Bonchev–Trinajstić information content (AvgIpc) is 2.80. The maximum absolute atomic E-state index is 13.2. The van der Waals surface area contributed by atoms with E-state index in [1.165, 1.54) is 12.1 Å². The van der Waals surface area contributed by atoms with Crippen LogP contribution in [0.4, 0.5) is 9.18 Å². The van der Waals surface area contributed by atoms with Crippen molar-refractivity contribution in [1.82, 2.24) is 15.5 Å². The van der Waals surface area contributed by atoms with Crippen molar-refractivity contribution >= 4 is 17.8 Å². The predicted octanol–water partition coefficient (Wildman–Crippen LogP) is 4.25. The van der Waals surface area contributed by atoms with Gasteiger partial charge in [-0.15, -0.1) is 0 Å². The van der Waals surface area contributed by atoms with Crippen LogP contribution in [0.3, 0.4) is 0 Å². The molecular weight excluding hydrogens is 421 g/mol. The van der Waals surface area contributed by atoms with Crippen LogP contribution in [-0.4, -0.2) is 22.7 Å². The molecule has 0 aliphatic carbocycles. The molecule has 1 aliphatic rings. The maximum atomic E-state index is 13.2. The summed E-state index contributed by atoms with van der Waals surface area (Å²) in [6, 6.07) is 19.5. The van der Waals surface area contributed by atoms with Crippen LogP contribution in [-0.2, 0) is 17.9 Å². The van der Waals surface area contributed by atoms with E-state index in [9.17, 15) is 18.8 Å². The van der Waals surface area contributed by atoms with Crippen LogP contribution in [0.25, 0.3) is 0 Å². The Bertz CT molecular complexity index is 1180.